The van der Waals surface area contributed by atoms with Gasteiger partial charge in [-0.1, -0.05) is 60.8 Å². The quantitative estimate of drug-likeness (QED) is 0.316. The summed E-state index contributed by atoms with van der Waals surface area (Å²) >= 11 is 9.72. The third-order valence-corrected chi connectivity index (χ3v) is 5.98. The molecule has 1 aliphatic rings. The summed E-state index contributed by atoms with van der Waals surface area (Å²) in [6.45, 7) is 0.407. The highest BCUT2D eigenvalue weighted by atomic mass is 32.1. The molecule has 1 heterocycles. The van der Waals surface area contributed by atoms with Gasteiger partial charge in [-0.15, -0.1) is 0 Å². The number of primary amides is 1. The smallest absolute Gasteiger partial charge is 0.326 e. The lowest BCUT2D eigenvalue weighted by Gasteiger charge is -2.25. The average molecular weight is 509 g/mol. The molecule has 8 N–H and O–H groups in total. The third kappa shape index (κ3) is 6.11. The number of phenolic OH excluding ortho intramolecular Hbond substituents is 1. The zero-order chi connectivity index (χ0) is 25.7. The molecule has 0 saturated heterocycles. The van der Waals surface area contributed by atoms with Gasteiger partial charge in [-0.2, -0.15) is 0 Å². The Morgan fingerprint density at radius 3 is 2.06 bits per heavy atom. The number of thiocarbonyl (C=S) groups is 2. The number of carboxylic acids is 1. The van der Waals surface area contributed by atoms with E-state index < -0.39 is 17.9 Å². The highest BCUT2D eigenvalue weighted by Gasteiger charge is 2.35. The van der Waals surface area contributed by atoms with E-state index in [0.717, 1.165) is 22.4 Å². The lowest BCUT2D eigenvalue weighted by atomic mass is 10.1. The maximum Gasteiger partial charge on any atom is 0.326 e. The van der Waals surface area contributed by atoms with Crippen molar-refractivity contribution in [1.82, 2.24) is 0 Å². The van der Waals surface area contributed by atoms with Crippen LogP contribution in [-0.2, 0) is 17.8 Å². The van der Waals surface area contributed by atoms with Gasteiger partial charge in [0, 0.05) is 40.9 Å². The number of hydrogen-bond donors (Lipinski definition) is 5. The number of carboxylic acid groups (broad SMARTS) is 1. The number of aromatic hydroxyl groups is 1. The third-order valence-electron chi connectivity index (χ3n) is 5.51. The first-order chi connectivity index (χ1) is 16.6. The fourth-order valence-electron chi connectivity index (χ4n) is 3.75. The number of nitrogens with two attached hydrogens (primary N) is 3. The van der Waals surface area contributed by atoms with Gasteiger partial charge in [-0.25, -0.2) is 4.79 Å². The number of phenols is 1. The van der Waals surface area contributed by atoms with Gasteiger partial charge >= 0.3 is 5.97 Å². The van der Waals surface area contributed by atoms with Crippen molar-refractivity contribution in [3.8, 4) is 5.75 Å². The fraction of sp³-hybridized carbons (Fsp3) is 0.120. The van der Waals surface area contributed by atoms with Gasteiger partial charge in [0.15, 0.2) is 0 Å². The summed E-state index contributed by atoms with van der Waals surface area (Å²) < 4.78 is 0. The number of hydrogen-bond acceptors (Lipinski definition) is 6. The number of nitrogens with zero attached hydrogens (tertiary/aromatic N) is 1. The molecule has 0 aromatic heterocycles. The van der Waals surface area contributed by atoms with Crippen LogP contribution < -0.4 is 22.1 Å². The number of carbonyl (C=O) groups excluding carboxylic acids is 1. The highest BCUT2D eigenvalue weighted by molar-refractivity contribution is 7.80. The Hall–Kier alpha value is -4.02. The van der Waals surface area contributed by atoms with E-state index in [0.29, 0.717) is 27.6 Å². The maximum absolute atomic E-state index is 11.6. The molecule has 0 radical (unpaired) electrons. The van der Waals surface area contributed by atoms with E-state index in [-0.39, 0.29) is 12.2 Å². The Morgan fingerprint density at radius 1 is 0.886 bits per heavy atom. The Labute approximate surface area is 213 Å². The maximum atomic E-state index is 11.6. The SMILES string of the molecule is NC(=O)c1ccc(C(N)=S)cc1.NC(=S)c1cccc(CN2c3cccc(O)c3CC2C(=O)O)c1. The first-order valence-electron chi connectivity index (χ1n) is 10.5. The van der Waals surface area contributed by atoms with E-state index in [2.05, 4.69) is 0 Å². The van der Waals surface area contributed by atoms with E-state index in [4.69, 9.17) is 41.6 Å². The van der Waals surface area contributed by atoms with Crippen LogP contribution >= 0.6 is 24.4 Å². The predicted octanol–water partition coefficient (Wildman–Crippen LogP) is 2.46. The second kappa shape index (κ2) is 10.9. The second-order valence-electron chi connectivity index (χ2n) is 7.83. The number of amides is 1. The molecule has 1 amide bonds. The van der Waals surface area contributed by atoms with Crippen LogP contribution in [0.1, 0.15) is 32.6 Å². The number of benzene rings is 3. The van der Waals surface area contributed by atoms with Gasteiger partial charge in [-0.3, -0.25) is 4.79 Å². The molecule has 35 heavy (non-hydrogen) atoms. The van der Waals surface area contributed by atoms with Gasteiger partial charge in [0.2, 0.25) is 5.91 Å². The van der Waals surface area contributed by atoms with Gasteiger partial charge in [-0.05, 0) is 35.9 Å². The Balaban J connectivity index is 0.000000241. The minimum Gasteiger partial charge on any atom is -0.508 e. The molecule has 1 atom stereocenters. The number of anilines is 1. The molecule has 3 aromatic carbocycles. The summed E-state index contributed by atoms with van der Waals surface area (Å²) in [5.74, 6) is -1.23. The summed E-state index contributed by atoms with van der Waals surface area (Å²) in [5, 5.41) is 19.5. The second-order valence-corrected chi connectivity index (χ2v) is 8.71. The van der Waals surface area contributed by atoms with E-state index in [9.17, 15) is 19.8 Å². The van der Waals surface area contributed by atoms with Crippen LogP contribution in [-0.4, -0.2) is 38.1 Å². The monoisotopic (exact) mass is 508 g/mol. The van der Waals surface area contributed by atoms with Gasteiger partial charge in [0.25, 0.3) is 0 Å². The lowest BCUT2D eigenvalue weighted by molar-refractivity contribution is -0.138. The summed E-state index contributed by atoms with van der Waals surface area (Å²) in [4.78, 5) is 24.6. The topological polar surface area (TPSA) is 156 Å². The molecule has 0 aliphatic carbocycles. The first-order valence-corrected chi connectivity index (χ1v) is 11.3. The van der Waals surface area contributed by atoms with Crippen molar-refractivity contribution in [3.05, 3.63) is 94.5 Å². The Bertz CT molecular complexity index is 1260. The summed E-state index contributed by atoms with van der Waals surface area (Å²) in [6, 6.07) is 18.4. The predicted molar refractivity (Wildman–Crippen MR) is 143 cm³/mol. The molecule has 1 unspecified atom stereocenters. The van der Waals surface area contributed by atoms with E-state index >= 15 is 0 Å². The molecule has 8 nitrogen and oxygen atoms in total. The van der Waals surface area contributed by atoms with Crippen LogP contribution in [0.5, 0.6) is 5.75 Å². The number of carbonyl (C=O) groups is 2. The first kappa shape index (κ1) is 25.6. The molecule has 4 rings (SSSR count). The average Bonchev–Trinajstić information content (AvgIpc) is 3.19. The van der Waals surface area contributed by atoms with Crippen molar-refractivity contribution in [2.45, 2.75) is 19.0 Å². The van der Waals surface area contributed by atoms with Crippen molar-refractivity contribution in [2.24, 2.45) is 17.2 Å². The number of fused-ring (bicyclic) bond motifs is 1. The van der Waals surface area contributed by atoms with Gasteiger partial charge in [0.1, 0.15) is 21.8 Å². The molecule has 0 fully saturated rings. The zero-order valence-corrected chi connectivity index (χ0v) is 20.2. The molecule has 3 aromatic rings. The molecule has 1 aliphatic heterocycles. The summed E-state index contributed by atoms with van der Waals surface area (Å²) in [7, 11) is 0. The van der Waals surface area contributed by atoms with Gasteiger partial charge < -0.3 is 32.3 Å². The van der Waals surface area contributed by atoms with Crippen LogP contribution in [0.3, 0.4) is 0 Å². The minimum atomic E-state index is -0.911. The van der Waals surface area contributed by atoms with Crippen molar-refractivity contribution in [3.63, 3.8) is 0 Å². The largest absolute Gasteiger partial charge is 0.508 e. The van der Waals surface area contributed by atoms with Crippen molar-refractivity contribution in [2.75, 3.05) is 4.90 Å². The molecule has 0 bridgehead atoms. The Kier molecular flexibility index (Phi) is 8.00. The normalized spacial score (nSPS) is 13.8. The van der Waals surface area contributed by atoms with Crippen LogP contribution in [0.2, 0.25) is 0 Å². The highest BCUT2D eigenvalue weighted by Crippen LogP contribution is 2.38. The Morgan fingerprint density at radius 2 is 1.49 bits per heavy atom. The molecular weight excluding hydrogens is 484 g/mol. The van der Waals surface area contributed by atoms with Crippen LogP contribution in [0, 0.1) is 0 Å². The van der Waals surface area contributed by atoms with Crippen LogP contribution in [0.4, 0.5) is 5.69 Å². The summed E-state index contributed by atoms with van der Waals surface area (Å²) in [6.07, 6.45) is 0.284. The minimum absolute atomic E-state index is 0.133. The van der Waals surface area contributed by atoms with E-state index in [1.807, 2.05) is 30.3 Å². The van der Waals surface area contributed by atoms with E-state index in [1.54, 1.807) is 41.3 Å². The fourth-order valence-corrected chi connectivity index (χ4v) is 4.01. The molecule has 0 spiro atoms. The van der Waals surface area contributed by atoms with Crippen LogP contribution in [0.15, 0.2) is 66.7 Å². The lowest BCUT2D eigenvalue weighted by Crippen LogP contribution is -2.38. The van der Waals surface area contributed by atoms with Crippen LogP contribution in [0.25, 0.3) is 0 Å². The molecular formula is C25H24N4O4S2. The number of aliphatic carboxylic acids is 1. The summed E-state index contributed by atoms with van der Waals surface area (Å²) in [5.41, 5.74) is 20.3. The van der Waals surface area contributed by atoms with Crippen molar-refractivity contribution < 1.29 is 19.8 Å². The van der Waals surface area contributed by atoms with Crippen molar-refractivity contribution in [1.29, 1.82) is 0 Å². The van der Waals surface area contributed by atoms with Gasteiger partial charge in [0.05, 0.1) is 0 Å². The zero-order valence-electron chi connectivity index (χ0n) is 18.5. The van der Waals surface area contributed by atoms with Crippen molar-refractivity contribution >= 4 is 52.0 Å². The number of rotatable bonds is 6. The molecule has 180 valence electrons. The molecule has 10 heteroatoms. The van der Waals surface area contributed by atoms with E-state index in [1.165, 1.54) is 0 Å². The standard InChI is InChI=1S/C17H16N2O3S.C8H8N2OS/c18-16(23)11-4-1-3-10(7-11)9-19-13-5-2-6-15(20)12(13)8-14(19)17(21)22;9-7(11)5-1-3-6(4-2-5)8(10)12/h1-7,14,20H,8-9H2,(H2,18,23)(H,21,22);1-4H,(H2,9,11)(H2,10,12). The molecule has 0 saturated carbocycles.